The Hall–Kier alpha value is -2.04. The van der Waals surface area contributed by atoms with Gasteiger partial charge in [-0.3, -0.25) is 0 Å². The molecule has 1 N–H and O–H groups in total. The Morgan fingerprint density at radius 3 is 2.77 bits per heavy atom. The second kappa shape index (κ2) is 4.73. The van der Waals surface area contributed by atoms with Gasteiger partial charge in [-0.2, -0.15) is 13.2 Å². The number of aromatic nitrogens is 1. The molecule has 2 aromatic rings. The lowest BCUT2D eigenvalue weighted by atomic mass is 10.0. The first-order chi connectivity index (χ1) is 10.6. The molecule has 0 spiro atoms. The first-order valence-electron chi connectivity index (χ1n) is 7.39. The zero-order chi connectivity index (χ0) is 15.3. The van der Waals surface area contributed by atoms with Gasteiger partial charge in [0.1, 0.15) is 5.82 Å². The quantitative estimate of drug-likeness (QED) is 0.923. The third kappa shape index (κ3) is 2.16. The Bertz CT molecular complexity index is 711. The molecule has 1 heterocycles. The van der Waals surface area contributed by atoms with E-state index in [2.05, 4.69) is 22.4 Å². The molecule has 0 radical (unpaired) electrons. The van der Waals surface area contributed by atoms with Crippen LogP contribution < -0.4 is 5.32 Å². The van der Waals surface area contributed by atoms with Gasteiger partial charge in [0.15, 0.2) is 0 Å². The average molecular weight is 304 g/mol. The van der Waals surface area contributed by atoms with Crippen molar-refractivity contribution in [1.29, 1.82) is 0 Å². The molecule has 3 unspecified atom stereocenters. The van der Waals surface area contributed by atoms with Crippen LogP contribution in [0.3, 0.4) is 0 Å². The zero-order valence-electron chi connectivity index (χ0n) is 11.8. The number of benzene rings is 1. The van der Waals surface area contributed by atoms with Crippen molar-refractivity contribution in [2.24, 2.45) is 11.8 Å². The molecule has 2 aliphatic rings. The molecule has 114 valence electrons. The van der Waals surface area contributed by atoms with Crippen LogP contribution in [-0.2, 0) is 12.6 Å². The van der Waals surface area contributed by atoms with Gasteiger partial charge >= 0.3 is 6.18 Å². The number of hydrogen-bond donors (Lipinski definition) is 1. The summed E-state index contributed by atoms with van der Waals surface area (Å²) >= 11 is 0. The van der Waals surface area contributed by atoms with E-state index in [1.165, 1.54) is 23.4 Å². The normalized spacial score (nSPS) is 25.5. The maximum Gasteiger partial charge on any atom is 0.419 e. The molecule has 5 heteroatoms. The molecule has 0 aliphatic heterocycles. The van der Waals surface area contributed by atoms with E-state index in [1.54, 1.807) is 0 Å². The van der Waals surface area contributed by atoms with Gasteiger partial charge in [0.2, 0.25) is 0 Å². The lowest BCUT2D eigenvalue weighted by molar-refractivity contribution is -0.137. The van der Waals surface area contributed by atoms with Gasteiger partial charge in [0.05, 0.1) is 5.56 Å². The smallest absolute Gasteiger partial charge is 0.369 e. The predicted molar refractivity (Wildman–Crippen MR) is 77.6 cm³/mol. The van der Waals surface area contributed by atoms with Crippen molar-refractivity contribution in [1.82, 2.24) is 4.98 Å². The molecule has 0 amide bonds. The minimum Gasteiger partial charge on any atom is -0.369 e. The Morgan fingerprint density at radius 1 is 1.14 bits per heavy atom. The first kappa shape index (κ1) is 13.6. The molecular weight excluding hydrogens is 289 g/mol. The Morgan fingerprint density at radius 2 is 1.95 bits per heavy atom. The summed E-state index contributed by atoms with van der Waals surface area (Å²) < 4.78 is 38.8. The van der Waals surface area contributed by atoms with Gasteiger partial charge in [0.25, 0.3) is 0 Å². The van der Waals surface area contributed by atoms with Gasteiger partial charge in [0, 0.05) is 12.7 Å². The Labute approximate surface area is 126 Å². The fraction of sp³-hybridized carbons (Fsp3) is 0.353. The van der Waals surface area contributed by atoms with E-state index in [4.69, 9.17) is 0 Å². The lowest BCUT2D eigenvalue weighted by Gasteiger charge is -2.14. The van der Waals surface area contributed by atoms with Crippen LogP contribution in [0.1, 0.15) is 22.6 Å². The zero-order valence-corrected chi connectivity index (χ0v) is 11.8. The third-order valence-electron chi connectivity index (χ3n) is 4.82. The summed E-state index contributed by atoms with van der Waals surface area (Å²) in [6, 6.07) is 10.7. The molecule has 2 aliphatic carbocycles. The molecular formula is C17H15F3N2. The highest BCUT2D eigenvalue weighted by atomic mass is 19.4. The summed E-state index contributed by atoms with van der Waals surface area (Å²) in [5.41, 5.74) is 2.07. The van der Waals surface area contributed by atoms with E-state index in [0.29, 0.717) is 24.3 Å². The van der Waals surface area contributed by atoms with E-state index in [1.807, 2.05) is 12.1 Å². The van der Waals surface area contributed by atoms with Crippen molar-refractivity contribution in [3.63, 3.8) is 0 Å². The maximum absolute atomic E-state index is 12.9. The molecule has 1 saturated carbocycles. The fourth-order valence-electron chi connectivity index (χ4n) is 3.75. The minimum atomic E-state index is -4.37. The number of nitrogens with one attached hydrogen (secondary N) is 1. The van der Waals surface area contributed by atoms with Crippen LogP contribution in [-0.4, -0.2) is 11.5 Å². The summed E-state index contributed by atoms with van der Waals surface area (Å²) in [5.74, 6) is 1.43. The van der Waals surface area contributed by atoms with Gasteiger partial charge in [-0.15, -0.1) is 0 Å². The van der Waals surface area contributed by atoms with Crippen LogP contribution in [0.4, 0.5) is 19.0 Å². The molecule has 1 aromatic heterocycles. The average Bonchev–Trinajstić information content (AvgIpc) is 3.03. The summed E-state index contributed by atoms with van der Waals surface area (Å²) in [6.07, 6.45) is -1.94. The second-order valence-electron chi connectivity index (χ2n) is 6.03. The summed E-state index contributed by atoms with van der Waals surface area (Å²) in [5, 5.41) is 2.91. The predicted octanol–water partition coefficient (Wildman–Crippen LogP) is 4.10. The molecule has 22 heavy (non-hydrogen) atoms. The molecule has 1 fully saturated rings. The second-order valence-corrected chi connectivity index (χ2v) is 6.03. The standard InChI is InChI=1S/C17H15F3N2/c18-17(19,20)14-6-3-7-21-16(14)22-9-13-12-8-10-4-1-2-5-11(10)15(12)13/h1-7,12-13,15H,8-9H2,(H,21,22). The number of rotatable bonds is 3. The third-order valence-corrected chi connectivity index (χ3v) is 4.82. The van der Waals surface area contributed by atoms with E-state index >= 15 is 0 Å². The van der Waals surface area contributed by atoms with Crippen molar-refractivity contribution in [3.8, 4) is 0 Å². The van der Waals surface area contributed by atoms with Gasteiger partial charge in [-0.1, -0.05) is 24.3 Å². The van der Waals surface area contributed by atoms with Crippen molar-refractivity contribution in [3.05, 3.63) is 59.3 Å². The molecule has 0 saturated heterocycles. The SMILES string of the molecule is FC(F)(F)c1cccnc1NCC1C2Cc3ccccc3C12. The monoisotopic (exact) mass is 304 g/mol. The Kier molecular flexibility index (Phi) is 2.93. The lowest BCUT2D eigenvalue weighted by Crippen LogP contribution is -2.15. The summed E-state index contributed by atoms with van der Waals surface area (Å²) in [7, 11) is 0. The summed E-state index contributed by atoms with van der Waals surface area (Å²) in [4.78, 5) is 3.85. The first-order valence-corrected chi connectivity index (χ1v) is 7.39. The van der Waals surface area contributed by atoms with Crippen LogP contribution in [0.2, 0.25) is 0 Å². The van der Waals surface area contributed by atoms with Crippen molar-refractivity contribution < 1.29 is 13.2 Å². The van der Waals surface area contributed by atoms with E-state index in [0.717, 1.165) is 12.5 Å². The van der Waals surface area contributed by atoms with E-state index < -0.39 is 11.7 Å². The molecule has 1 aromatic carbocycles. The molecule has 0 bridgehead atoms. The number of hydrogen-bond acceptors (Lipinski definition) is 2. The number of pyridine rings is 1. The van der Waals surface area contributed by atoms with Gasteiger partial charge < -0.3 is 5.32 Å². The van der Waals surface area contributed by atoms with Crippen LogP contribution in [0.15, 0.2) is 42.6 Å². The highest BCUT2D eigenvalue weighted by Gasteiger charge is 2.55. The maximum atomic E-state index is 12.9. The van der Waals surface area contributed by atoms with E-state index in [9.17, 15) is 13.2 Å². The Balaban J connectivity index is 1.46. The van der Waals surface area contributed by atoms with Gasteiger partial charge in [-0.05, 0) is 47.4 Å². The number of halogens is 3. The van der Waals surface area contributed by atoms with Crippen LogP contribution >= 0.6 is 0 Å². The topological polar surface area (TPSA) is 24.9 Å². The van der Waals surface area contributed by atoms with Crippen molar-refractivity contribution in [2.45, 2.75) is 18.5 Å². The van der Waals surface area contributed by atoms with Crippen LogP contribution in [0, 0.1) is 11.8 Å². The van der Waals surface area contributed by atoms with Crippen LogP contribution in [0.5, 0.6) is 0 Å². The number of alkyl halides is 3. The van der Waals surface area contributed by atoms with Crippen molar-refractivity contribution >= 4 is 5.82 Å². The fourth-order valence-corrected chi connectivity index (χ4v) is 3.75. The number of anilines is 1. The molecule has 2 nitrogen and oxygen atoms in total. The largest absolute Gasteiger partial charge is 0.419 e. The molecule has 4 rings (SSSR count). The van der Waals surface area contributed by atoms with E-state index in [-0.39, 0.29) is 5.82 Å². The van der Waals surface area contributed by atoms with Gasteiger partial charge in [-0.25, -0.2) is 4.98 Å². The highest BCUT2D eigenvalue weighted by Crippen LogP contribution is 2.61. The van der Waals surface area contributed by atoms with Crippen molar-refractivity contribution in [2.75, 3.05) is 11.9 Å². The van der Waals surface area contributed by atoms with Crippen LogP contribution in [0.25, 0.3) is 0 Å². The number of fused-ring (bicyclic) bond motifs is 3. The number of nitrogens with zero attached hydrogens (tertiary/aromatic N) is 1. The minimum absolute atomic E-state index is 0.0618. The highest BCUT2D eigenvalue weighted by molar-refractivity contribution is 5.48. The molecule has 3 atom stereocenters. The summed E-state index contributed by atoms with van der Waals surface area (Å²) in [6.45, 7) is 0.545.